The minimum atomic E-state index is -0.671. The fourth-order valence-electron chi connectivity index (χ4n) is 1.72. The van der Waals surface area contributed by atoms with Crippen molar-refractivity contribution in [1.29, 1.82) is 0 Å². The van der Waals surface area contributed by atoms with Gasteiger partial charge in [0, 0.05) is 17.2 Å². The van der Waals surface area contributed by atoms with Gasteiger partial charge in [0.2, 0.25) is 0 Å². The predicted octanol–water partition coefficient (Wildman–Crippen LogP) is 3.92. The van der Waals surface area contributed by atoms with Crippen molar-refractivity contribution in [2.45, 2.75) is 20.5 Å². The Hall–Kier alpha value is -2.43. The molecule has 5 heteroatoms. The van der Waals surface area contributed by atoms with Crippen LogP contribution in [0.5, 0.6) is 5.75 Å². The average molecular weight is 291 g/mol. The van der Waals surface area contributed by atoms with Gasteiger partial charge < -0.3 is 9.94 Å². The first-order valence-electron chi connectivity index (χ1n) is 6.38. The van der Waals surface area contributed by atoms with Gasteiger partial charge in [0.05, 0.1) is 5.71 Å². The van der Waals surface area contributed by atoms with Gasteiger partial charge in [-0.15, -0.1) is 0 Å². The zero-order chi connectivity index (χ0) is 15.4. The lowest BCUT2D eigenvalue weighted by Crippen LogP contribution is -1.98. The molecule has 0 unspecified atom stereocenters. The van der Waals surface area contributed by atoms with Crippen molar-refractivity contribution in [2.24, 2.45) is 5.16 Å². The molecule has 0 radical (unpaired) electrons. The molecule has 0 aliphatic heterocycles. The molecule has 0 bridgehead atoms. The van der Waals surface area contributed by atoms with Gasteiger partial charge in [-0.3, -0.25) is 0 Å². The first kappa shape index (κ1) is 15.0. The SMILES string of the molecule is C/C(=N\OCc1ccc(F)cc1F)c1ccc(C)c(O)c1. The van der Waals surface area contributed by atoms with Gasteiger partial charge in [0.25, 0.3) is 0 Å². The second kappa shape index (κ2) is 6.35. The molecule has 1 N–H and O–H groups in total. The Labute approximate surface area is 121 Å². The van der Waals surface area contributed by atoms with E-state index in [4.69, 9.17) is 4.84 Å². The lowest BCUT2D eigenvalue weighted by molar-refractivity contribution is 0.128. The van der Waals surface area contributed by atoms with Crippen molar-refractivity contribution in [3.05, 3.63) is 64.7 Å². The van der Waals surface area contributed by atoms with E-state index in [1.54, 1.807) is 32.0 Å². The summed E-state index contributed by atoms with van der Waals surface area (Å²) in [6.45, 7) is 3.41. The third kappa shape index (κ3) is 3.78. The summed E-state index contributed by atoms with van der Waals surface area (Å²) in [5.41, 5.74) is 2.24. The highest BCUT2D eigenvalue weighted by atomic mass is 19.1. The monoisotopic (exact) mass is 291 g/mol. The number of rotatable bonds is 4. The van der Waals surface area contributed by atoms with Gasteiger partial charge >= 0.3 is 0 Å². The number of hydrogen-bond acceptors (Lipinski definition) is 3. The van der Waals surface area contributed by atoms with Crippen LogP contribution in [0.25, 0.3) is 0 Å². The Balaban J connectivity index is 2.04. The highest BCUT2D eigenvalue weighted by Crippen LogP contribution is 2.18. The summed E-state index contributed by atoms with van der Waals surface area (Å²) in [6, 6.07) is 8.42. The molecule has 110 valence electrons. The molecule has 0 aromatic heterocycles. The van der Waals surface area contributed by atoms with Crippen LogP contribution in [0.3, 0.4) is 0 Å². The quantitative estimate of drug-likeness (QED) is 0.685. The van der Waals surface area contributed by atoms with Gasteiger partial charge in [-0.05, 0) is 37.6 Å². The minimum absolute atomic E-state index is 0.0959. The number of phenols is 1. The zero-order valence-electron chi connectivity index (χ0n) is 11.7. The summed E-state index contributed by atoms with van der Waals surface area (Å²) in [6.07, 6.45) is 0. The number of halogens is 2. The van der Waals surface area contributed by atoms with Crippen LogP contribution in [0, 0.1) is 18.6 Å². The van der Waals surface area contributed by atoms with Gasteiger partial charge in [-0.25, -0.2) is 8.78 Å². The predicted molar refractivity (Wildman–Crippen MR) is 76.2 cm³/mol. The van der Waals surface area contributed by atoms with E-state index in [0.717, 1.165) is 17.7 Å². The molecule has 2 aromatic rings. The third-order valence-corrected chi connectivity index (χ3v) is 3.06. The summed E-state index contributed by atoms with van der Waals surface area (Å²) >= 11 is 0. The van der Waals surface area contributed by atoms with Crippen molar-refractivity contribution in [3.63, 3.8) is 0 Å². The Morgan fingerprint density at radius 3 is 2.62 bits per heavy atom. The first-order chi connectivity index (χ1) is 9.97. The van der Waals surface area contributed by atoms with Crippen LogP contribution in [0.1, 0.15) is 23.6 Å². The van der Waals surface area contributed by atoms with Crippen LogP contribution in [-0.4, -0.2) is 10.8 Å². The highest BCUT2D eigenvalue weighted by Gasteiger charge is 2.05. The lowest BCUT2D eigenvalue weighted by atomic mass is 10.1. The number of aryl methyl sites for hydroxylation is 1. The van der Waals surface area contributed by atoms with E-state index in [1.165, 1.54) is 6.07 Å². The number of nitrogens with zero attached hydrogens (tertiary/aromatic N) is 1. The maximum Gasteiger partial charge on any atom is 0.145 e. The molecule has 0 atom stereocenters. The summed E-state index contributed by atoms with van der Waals surface area (Å²) in [5.74, 6) is -1.13. The molecule has 0 fully saturated rings. The van der Waals surface area contributed by atoms with Gasteiger partial charge in [0.1, 0.15) is 24.0 Å². The van der Waals surface area contributed by atoms with Crippen molar-refractivity contribution in [3.8, 4) is 5.75 Å². The molecule has 0 amide bonds. The Morgan fingerprint density at radius 1 is 1.19 bits per heavy atom. The van der Waals surface area contributed by atoms with Gasteiger partial charge in [-0.1, -0.05) is 17.3 Å². The largest absolute Gasteiger partial charge is 0.508 e. The second-order valence-electron chi connectivity index (χ2n) is 4.69. The van der Waals surface area contributed by atoms with Crippen LogP contribution in [-0.2, 0) is 11.4 Å². The standard InChI is InChI=1S/C16H15F2NO2/c1-10-3-4-12(7-16(10)20)11(2)19-21-9-13-5-6-14(17)8-15(13)18/h3-8,20H,9H2,1-2H3/b19-11+. The fraction of sp³-hybridized carbons (Fsp3) is 0.188. The number of phenolic OH excluding ortho intramolecular Hbond substituents is 1. The van der Waals surface area contributed by atoms with Crippen LogP contribution < -0.4 is 0 Å². The number of hydrogen-bond donors (Lipinski definition) is 1. The summed E-state index contributed by atoms with van der Waals surface area (Å²) in [5, 5.41) is 13.5. The smallest absolute Gasteiger partial charge is 0.145 e. The Bertz CT molecular complexity index is 684. The fourth-order valence-corrected chi connectivity index (χ4v) is 1.72. The van der Waals surface area contributed by atoms with E-state index in [2.05, 4.69) is 5.16 Å². The van der Waals surface area contributed by atoms with Crippen molar-refractivity contribution in [2.75, 3.05) is 0 Å². The molecule has 0 saturated carbocycles. The summed E-state index contributed by atoms with van der Waals surface area (Å²) < 4.78 is 26.2. The molecule has 0 saturated heterocycles. The Morgan fingerprint density at radius 2 is 1.95 bits per heavy atom. The third-order valence-electron chi connectivity index (χ3n) is 3.06. The van der Waals surface area contributed by atoms with E-state index in [1.807, 2.05) is 0 Å². The number of aromatic hydroxyl groups is 1. The first-order valence-corrected chi connectivity index (χ1v) is 6.38. The maximum absolute atomic E-state index is 13.4. The molecule has 21 heavy (non-hydrogen) atoms. The second-order valence-corrected chi connectivity index (χ2v) is 4.69. The summed E-state index contributed by atoms with van der Waals surface area (Å²) in [4.78, 5) is 5.07. The molecule has 2 aromatic carbocycles. The van der Waals surface area contributed by atoms with Crippen molar-refractivity contribution >= 4 is 5.71 Å². The van der Waals surface area contributed by atoms with Crippen molar-refractivity contribution in [1.82, 2.24) is 0 Å². The molecule has 0 aliphatic carbocycles. The lowest BCUT2D eigenvalue weighted by Gasteiger charge is -2.05. The van der Waals surface area contributed by atoms with Crippen molar-refractivity contribution < 1.29 is 18.7 Å². The molecule has 2 rings (SSSR count). The molecule has 0 spiro atoms. The van der Waals surface area contributed by atoms with E-state index >= 15 is 0 Å². The average Bonchev–Trinajstić information content (AvgIpc) is 2.44. The topological polar surface area (TPSA) is 41.8 Å². The molecule has 0 aliphatic rings. The summed E-state index contributed by atoms with van der Waals surface area (Å²) in [7, 11) is 0. The molecule has 3 nitrogen and oxygen atoms in total. The minimum Gasteiger partial charge on any atom is -0.508 e. The number of oxime groups is 1. The van der Waals surface area contributed by atoms with E-state index in [9.17, 15) is 13.9 Å². The van der Waals surface area contributed by atoms with Crippen LogP contribution in [0.15, 0.2) is 41.6 Å². The maximum atomic E-state index is 13.4. The molecular weight excluding hydrogens is 276 g/mol. The van der Waals surface area contributed by atoms with Crippen LogP contribution in [0.2, 0.25) is 0 Å². The van der Waals surface area contributed by atoms with E-state index < -0.39 is 11.6 Å². The van der Waals surface area contributed by atoms with Crippen LogP contribution in [0.4, 0.5) is 8.78 Å². The number of benzene rings is 2. The normalized spacial score (nSPS) is 11.5. The molecule has 0 heterocycles. The molecular formula is C16H15F2NO2. The zero-order valence-corrected chi connectivity index (χ0v) is 11.7. The highest BCUT2D eigenvalue weighted by molar-refractivity contribution is 5.98. The van der Waals surface area contributed by atoms with Gasteiger partial charge in [0.15, 0.2) is 0 Å². The Kier molecular flexibility index (Phi) is 4.52. The van der Waals surface area contributed by atoms with Gasteiger partial charge in [-0.2, -0.15) is 0 Å². The van der Waals surface area contributed by atoms with Crippen LogP contribution >= 0.6 is 0 Å². The van der Waals surface area contributed by atoms with E-state index in [-0.39, 0.29) is 17.9 Å². The van der Waals surface area contributed by atoms with E-state index in [0.29, 0.717) is 11.3 Å².